The van der Waals surface area contributed by atoms with Crippen molar-refractivity contribution in [3.8, 4) is 5.75 Å². The molecule has 2 heterocycles. The molecule has 1 aromatic heterocycles. The molecule has 0 unspecified atom stereocenters. The summed E-state index contributed by atoms with van der Waals surface area (Å²) < 4.78 is 6.84. The van der Waals surface area contributed by atoms with Gasteiger partial charge in [0.25, 0.3) is 5.91 Å². The van der Waals surface area contributed by atoms with Crippen LogP contribution in [-0.4, -0.2) is 44.1 Å². The van der Waals surface area contributed by atoms with Gasteiger partial charge in [-0.2, -0.15) is 0 Å². The lowest BCUT2D eigenvalue weighted by molar-refractivity contribution is 0.0989. The number of thiophene rings is 1. The Morgan fingerprint density at radius 1 is 1.32 bits per heavy atom. The second-order valence-corrected chi connectivity index (χ2v) is 9.21. The van der Waals surface area contributed by atoms with Crippen LogP contribution in [0.25, 0.3) is 0 Å². The number of amides is 1. The van der Waals surface area contributed by atoms with Crippen molar-refractivity contribution in [3.63, 3.8) is 0 Å². The highest BCUT2D eigenvalue weighted by molar-refractivity contribution is 9.11. The van der Waals surface area contributed by atoms with E-state index in [-0.39, 0.29) is 5.91 Å². The first kappa shape index (κ1) is 20.8. The number of hydrogen-bond donors (Lipinski definition) is 0. The third-order valence-corrected chi connectivity index (χ3v) is 6.18. The minimum absolute atomic E-state index is 0.0666. The number of likely N-dealkylation sites (N-methyl/N-ethyl adjacent to an activating group) is 1. The van der Waals surface area contributed by atoms with Gasteiger partial charge in [0, 0.05) is 25.3 Å². The van der Waals surface area contributed by atoms with Crippen molar-refractivity contribution in [1.29, 1.82) is 0 Å². The molecule has 0 saturated carbocycles. The standard InChI is InChI=1S/C22H25BrN2O2S/c1-3-12-24(2)13-4-5-15-27-18-8-9-19-17(16-18)7-6-14-25(19)22(26)20-10-11-21(23)28-20/h3-5,8-11,16H,1,6-7,12-15H2,2H3. The predicted octanol–water partition coefficient (Wildman–Crippen LogP) is 5.16. The van der Waals surface area contributed by atoms with Crippen LogP contribution in [0.5, 0.6) is 5.75 Å². The average molecular weight is 461 g/mol. The zero-order valence-electron chi connectivity index (χ0n) is 16.1. The van der Waals surface area contributed by atoms with Crippen molar-refractivity contribution in [1.82, 2.24) is 4.90 Å². The molecule has 0 saturated heterocycles. The Morgan fingerprint density at radius 3 is 2.93 bits per heavy atom. The van der Waals surface area contributed by atoms with E-state index in [0.29, 0.717) is 6.61 Å². The summed E-state index contributed by atoms with van der Waals surface area (Å²) in [5.74, 6) is 0.910. The summed E-state index contributed by atoms with van der Waals surface area (Å²) in [6.07, 6.45) is 7.95. The van der Waals surface area contributed by atoms with Gasteiger partial charge in [-0.3, -0.25) is 9.69 Å². The molecule has 0 N–H and O–H groups in total. The lowest BCUT2D eigenvalue weighted by Crippen LogP contribution is -2.35. The van der Waals surface area contributed by atoms with E-state index in [1.165, 1.54) is 16.9 Å². The summed E-state index contributed by atoms with van der Waals surface area (Å²) in [5, 5.41) is 0. The summed E-state index contributed by atoms with van der Waals surface area (Å²) in [7, 11) is 2.05. The number of rotatable bonds is 8. The van der Waals surface area contributed by atoms with E-state index >= 15 is 0 Å². The number of aryl methyl sites for hydroxylation is 1. The first-order valence-corrected chi connectivity index (χ1v) is 11.0. The Bertz CT molecular complexity index is 862. The summed E-state index contributed by atoms with van der Waals surface area (Å²) in [5.41, 5.74) is 2.16. The van der Waals surface area contributed by atoms with Gasteiger partial charge in [0.2, 0.25) is 0 Å². The first-order chi connectivity index (χ1) is 13.6. The molecule has 1 amide bonds. The lowest BCUT2D eigenvalue weighted by atomic mass is 10.0. The van der Waals surface area contributed by atoms with Gasteiger partial charge in [0.15, 0.2) is 0 Å². The van der Waals surface area contributed by atoms with E-state index in [1.807, 2.05) is 41.3 Å². The largest absolute Gasteiger partial charge is 0.490 e. The number of carbonyl (C=O) groups is 1. The molecule has 2 aromatic rings. The molecule has 0 aliphatic carbocycles. The SMILES string of the molecule is C=CCN(C)CC=CCOc1ccc2c(c1)CCCN2C(=O)c1ccc(Br)s1. The van der Waals surface area contributed by atoms with Crippen molar-refractivity contribution in [2.24, 2.45) is 0 Å². The minimum atomic E-state index is 0.0666. The van der Waals surface area contributed by atoms with Crippen LogP contribution >= 0.6 is 27.3 Å². The van der Waals surface area contributed by atoms with Crippen LogP contribution < -0.4 is 9.64 Å². The maximum absolute atomic E-state index is 12.9. The summed E-state index contributed by atoms with van der Waals surface area (Å²) in [4.78, 5) is 17.7. The van der Waals surface area contributed by atoms with Gasteiger partial charge in [0.05, 0.1) is 8.66 Å². The Hall–Kier alpha value is -1.89. The highest BCUT2D eigenvalue weighted by Gasteiger charge is 2.24. The monoisotopic (exact) mass is 460 g/mol. The van der Waals surface area contributed by atoms with Crippen LogP contribution in [-0.2, 0) is 6.42 Å². The number of benzene rings is 1. The molecular formula is C22H25BrN2O2S. The quantitative estimate of drug-likeness (QED) is 0.510. The molecule has 1 aliphatic heterocycles. The van der Waals surface area contributed by atoms with E-state index in [0.717, 1.165) is 52.6 Å². The van der Waals surface area contributed by atoms with Gasteiger partial charge < -0.3 is 9.64 Å². The molecule has 148 valence electrons. The van der Waals surface area contributed by atoms with Crippen LogP contribution in [0.1, 0.15) is 21.7 Å². The molecule has 4 nitrogen and oxygen atoms in total. The number of halogens is 1. The smallest absolute Gasteiger partial charge is 0.268 e. The average Bonchev–Trinajstić information content (AvgIpc) is 3.13. The second-order valence-electron chi connectivity index (χ2n) is 6.75. The van der Waals surface area contributed by atoms with E-state index in [1.54, 1.807) is 0 Å². The normalized spacial score (nSPS) is 13.8. The Balaban J connectivity index is 1.62. The number of ether oxygens (including phenoxy) is 1. The van der Waals surface area contributed by atoms with Gasteiger partial charge in [-0.15, -0.1) is 17.9 Å². The van der Waals surface area contributed by atoms with Crippen LogP contribution in [0.3, 0.4) is 0 Å². The second kappa shape index (κ2) is 10.0. The number of fused-ring (bicyclic) bond motifs is 1. The molecule has 3 rings (SSSR count). The molecule has 1 aliphatic rings. The minimum Gasteiger partial charge on any atom is -0.490 e. The number of hydrogen-bond acceptors (Lipinski definition) is 4. The molecule has 0 fully saturated rings. The van der Waals surface area contributed by atoms with Crippen molar-refractivity contribution in [3.05, 3.63) is 69.4 Å². The Kier molecular flexibility index (Phi) is 7.48. The molecule has 1 aromatic carbocycles. The molecule has 0 bridgehead atoms. The van der Waals surface area contributed by atoms with Gasteiger partial charge in [-0.1, -0.05) is 18.2 Å². The fourth-order valence-electron chi connectivity index (χ4n) is 3.20. The van der Waals surface area contributed by atoms with Crippen LogP contribution in [0.15, 0.2) is 58.9 Å². The van der Waals surface area contributed by atoms with Crippen molar-refractivity contribution >= 4 is 38.9 Å². The van der Waals surface area contributed by atoms with Crippen molar-refractivity contribution in [2.45, 2.75) is 12.8 Å². The summed E-state index contributed by atoms with van der Waals surface area (Å²) in [6.45, 7) is 6.76. The van der Waals surface area contributed by atoms with Crippen LogP contribution in [0.2, 0.25) is 0 Å². The number of nitrogens with zero attached hydrogens (tertiary/aromatic N) is 2. The Morgan fingerprint density at radius 2 is 2.18 bits per heavy atom. The topological polar surface area (TPSA) is 32.8 Å². The van der Waals surface area contributed by atoms with Crippen molar-refractivity contribution < 1.29 is 9.53 Å². The molecule has 0 spiro atoms. The van der Waals surface area contributed by atoms with Crippen LogP contribution in [0.4, 0.5) is 5.69 Å². The molecule has 0 atom stereocenters. The zero-order chi connectivity index (χ0) is 19.9. The Labute approximate surface area is 179 Å². The fraction of sp³-hybridized carbons (Fsp3) is 0.318. The predicted molar refractivity (Wildman–Crippen MR) is 121 cm³/mol. The van der Waals surface area contributed by atoms with E-state index in [4.69, 9.17) is 4.74 Å². The first-order valence-electron chi connectivity index (χ1n) is 9.36. The fourth-order valence-corrected chi connectivity index (χ4v) is 4.53. The maximum Gasteiger partial charge on any atom is 0.268 e. The van der Waals surface area contributed by atoms with Gasteiger partial charge in [-0.05, 0) is 71.7 Å². The van der Waals surface area contributed by atoms with Gasteiger partial charge in [0.1, 0.15) is 12.4 Å². The highest BCUT2D eigenvalue weighted by Crippen LogP contribution is 2.33. The lowest BCUT2D eigenvalue weighted by Gasteiger charge is -2.29. The van der Waals surface area contributed by atoms with E-state index < -0.39 is 0 Å². The molecule has 28 heavy (non-hydrogen) atoms. The van der Waals surface area contributed by atoms with Gasteiger partial charge in [-0.25, -0.2) is 0 Å². The van der Waals surface area contributed by atoms with E-state index in [2.05, 4.69) is 46.6 Å². The third kappa shape index (κ3) is 5.34. The summed E-state index contributed by atoms with van der Waals surface area (Å²) >= 11 is 4.91. The highest BCUT2D eigenvalue weighted by atomic mass is 79.9. The maximum atomic E-state index is 12.9. The molecule has 0 radical (unpaired) electrons. The summed E-state index contributed by atoms with van der Waals surface area (Å²) in [6, 6.07) is 9.82. The number of carbonyl (C=O) groups excluding carboxylic acids is 1. The number of anilines is 1. The molecular weight excluding hydrogens is 436 g/mol. The van der Waals surface area contributed by atoms with Gasteiger partial charge >= 0.3 is 0 Å². The van der Waals surface area contributed by atoms with E-state index in [9.17, 15) is 4.79 Å². The zero-order valence-corrected chi connectivity index (χ0v) is 18.5. The van der Waals surface area contributed by atoms with Crippen LogP contribution in [0, 0.1) is 0 Å². The van der Waals surface area contributed by atoms with Crippen molar-refractivity contribution in [2.75, 3.05) is 38.2 Å². The molecule has 6 heteroatoms. The third-order valence-electron chi connectivity index (χ3n) is 4.57.